The van der Waals surface area contributed by atoms with Crippen molar-refractivity contribution in [2.75, 3.05) is 13.7 Å². The molecule has 0 radical (unpaired) electrons. The molecule has 0 aliphatic rings. The van der Waals surface area contributed by atoms with Gasteiger partial charge in [0.05, 0.1) is 25.5 Å². The Bertz CT molecular complexity index is 1500. The number of hydrogen-bond acceptors (Lipinski definition) is 7. The number of carbonyl (C=O) groups is 2. The van der Waals surface area contributed by atoms with Crippen molar-refractivity contribution >= 4 is 18.1 Å². The zero-order valence-corrected chi connectivity index (χ0v) is 22.7. The molecule has 0 heterocycles. The van der Waals surface area contributed by atoms with Crippen LogP contribution in [0.2, 0.25) is 0 Å². The molecular weight excluding hydrogens is 524 g/mol. The molecule has 0 aliphatic heterocycles. The van der Waals surface area contributed by atoms with Gasteiger partial charge in [-0.05, 0) is 72.1 Å². The summed E-state index contributed by atoms with van der Waals surface area (Å²) >= 11 is 0. The molecule has 0 saturated carbocycles. The second-order valence-corrected chi connectivity index (χ2v) is 8.77. The molecular formula is C32H30N2O7. The molecule has 9 nitrogen and oxygen atoms in total. The molecule has 4 aromatic carbocycles. The van der Waals surface area contributed by atoms with Gasteiger partial charge in [-0.1, -0.05) is 42.5 Å². The third kappa shape index (κ3) is 8.09. The fourth-order valence-corrected chi connectivity index (χ4v) is 3.79. The summed E-state index contributed by atoms with van der Waals surface area (Å²) in [5.74, 6) is 0.615. The number of aromatic carboxylic acids is 1. The van der Waals surface area contributed by atoms with Gasteiger partial charge in [-0.25, -0.2) is 10.2 Å². The lowest BCUT2D eigenvalue weighted by molar-refractivity contribution is 0.0696. The number of benzene rings is 4. The molecule has 2 N–H and O–H groups in total. The highest BCUT2D eigenvalue weighted by atomic mass is 16.5. The largest absolute Gasteiger partial charge is 0.493 e. The SMILES string of the molecule is CCOc1cc(/C=N/NC(=O)c2ccc(OCc3ccccc3)c(OC)c2)ccc1OCc1ccc(C(=O)O)cc1. The van der Waals surface area contributed by atoms with Crippen molar-refractivity contribution in [2.24, 2.45) is 5.10 Å². The standard InChI is InChI=1S/C32H30N2O7/c1-3-39-30-17-24(11-15-28(30)41-21-23-9-12-25(13-10-23)32(36)37)19-33-34-31(35)26-14-16-27(29(18-26)38-2)40-20-22-7-5-4-6-8-22/h4-19H,3,20-21H2,1-2H3,(H,34,35)(H,36,37)/b33-19+. The van der Waals surface area contributed by atoms with Crippen molar-refractivity contribution < 1.29 is 33.6 Å². The highest BCUT2D eigenvalue weighted by Crippen LogP contribution is 2.30. The van der Waals surface area contributed by atoms with E-state index in [1.807, 2.05) is 37.3 Å². The Morgan fingerprint density at radius 1 is 0.756 bits per heavy atom. The summed E-state index contributed by atoms with van der Waals surface area (Å²) in [6, 6.07) is 26.4. The molecule has 0 bridgehead atoms. The van der Waals surface area contributed by atoms with Crippen molar-refractivity contribution in [1.82, 2.24) is 5.43 Å². The Kier molecular flexibility index (Phi) is 9.92. The molecule has 0 aliphatic carbocycles. The quantitative estimate of drug-likeness (QED) is 0.161. The van der Waals surface area contributed by atoms with Gasteiger partial charge in [0.25, 0.3) is 5.91 Å². The highest BCUT2D eigenvalue weighted by Gasteiger charge is 2.12. The number of nitrogens with one attached hydrogen (secondary N) is 1. The van der Waals surface area contributed by atoms with Crippen molar-refractivity contribution in [3.8, 4) is 23.0 Å². The lowest BCUT2D eigenvalue weighted by Gasteiger charge is -2.13. The van der Waals surface area contributed by atoms with Crippen LogP contribution in [0, 0.1) is 0 Å². The number of rotatable bonds is 13. The Labute approximate surface area is 238 Å². The maximum absolute atomic E-state index is 12.7. The van der Waals surface area contributed by atoms with Gasteiger partial charge in [0, 0.05) is 5.56 Å². The van der Waals surface area contributed by atoms with Crippen LogP contribution in [0.25, 0.3) is 0 Å². The normalized spacial score (nSPS) is 10.7. The number of nitrogens with zero attached hydrogens (tertiary/aromatic N) is 1. The van der Waals surface area contributed by atoms with E-state index in [1.165, 1.54) is 25.5 Å². The van der Waals surface area contributed by atoms with E-state index in [9.17, 15) is 9.59 Å². The van der Waals surface area contributed by atoms with Crippen LogP contribution in [0.5, 0.6) is 23.0 Å². The Morgan fingerprint density at radius 2 is 1.39 bits per heavy atom. The van der Waals surface area contributed by atoms with Gasteiger partial charge in [-0.3, -0.25) is 4.79 Å². The fraction of sp³-hybridized carbons (Fsp3) is 0.156. The second kappa shape index (κ2) is 14.2. The first-order valence-electron chi connectivity index (χ1n) is 12.9. The minimum absolute atomic E-state index is 0.212. The van der Waals surface area contributed by atoms with E-state index in [0.29, 0.717) is 47.3 Å². The number of carboxylic acid groups (broad SMARTS) is 1. The summed E-state index contributed by atoms with van der Waals surface area (Å²) in [7, 11) is 1.52. The van der Waals surface area contributed by atoms with Gasteiger partial charge in [0.15, 0.2) is 23.0 Å². The van der Waals surface area contributed by atoms with Crippen LogP contribution in [0.4, 0.5) is 0 Å². The number of carboxylic acids is 1. The first-order valence-corrected chi connectivity index (χ1v) is 12.9. The molecule has 1 amide bonds. The number of methoxy groups -OCH3 is 1. The van der Waals surface area contributed by atoms with Crippen molar-refractivity contribution in [2.45, 2.75) is 20.1 Å². The third-order valence-electron chi connectivity index (χ3n) is 5.91. The van der Waals surface area contributed by atoms with Crippen molar-refractivity contribution in [1.29, 1.82) is 0 Å². The van der Waals surface area contributed by atoms with Crippen LogP contribution >= 0.6 is 0 Å². The molecule has 4 rings (SSSR count). The maximum Gasteiger partial charge on any atom is 0.335 e. The predicted octanol–water partition coefficient (Wildman–Crippen LogP) is 5.71. The molecule has 0 spiro atoms. The highest BCUT2D eigenvalue weighted by molar-refractivity contribution is 5.95. The lowest BCUT2D eigenvalue weighted by Crippen LogP contribution is -2.17. The fourth-order valence-electron chi connectivity index (χ4n) is 3.79. The maximum atomic E-state index is 12.7. The molecule has 0 fully saturated rings. The number of hydrazone groups is 1. The monoisotopic (exact) mass is 554 g/mol. The molecule has 210 valence electrons. The number of amides is 1. The Morgan fingerprint density at radius 3 is 2.05 bits per heavy atom. The minimum atomic E-state index is -0.980. The number of ether oxygens (including phenoxy) is 4. The lowest BCUT2D eigenvalue weighted by atomic mass is 10.1. The van der Waals surface area contributed by atoms with Crippen LogP contribution < -0.4 is 24.4 Å². The van der Waals surface area contributed by atoms with E-state index >= 15 is 0 Å². The Hall–Kier alpha value is -5.31. The molecule has 0 saturated heterocycles. The smallest absolute Gasteiger partial charge is 0.335 e. The van der Waals surface area contributed by atoms with E-state index in [1.54, 1.807) is 48.5 Å². The first-order chi connectivity index (χ1) is 20.0. The van der Waals surface area contributed by atoms with E-state index in [0.717, 1.165) is 11.1 Å². The van der Waals surface area contributed by atoms with Crippen LogP contribution in [-0.2, 0) is 13.2 Å². The van der Waals surface area contributed by atoms with E-state index in [4.69, 9.17) is 24.1 Å². The summed E-state index contributed by atoms with van der Waals surface area (Å²) in [6.07, 6.45) is 1.50. The van der Waals surface area contributed by atoms with Gasteiger partial charge in [0.2, 0.25) is 0 Å². The number of hydrogen-bond donors (Lipinski definition) is 2. The average Bonchev–Trinajstić information content (AvgIpc) is 3.00. The van der Waals surface area contributed by atoms with Crippen LogP contribution in [-0.4, -0.2) is 36.9 Å². The van der Waals surface area contributed by atoms with Gasteiger partial charge in [-0.15, -0.1) is 0 Å². The van der Waals surface area contributed by atoms with Gasteiger partial charge in [-0.2, -0.15) is 5.10 Å². The van der Waals surface area contributed by atoms with E-state index < -0.39 is 11.9 Å². The minimum Gasteiger partial charge on any atom is -0.493 e. The van der Waals surface area contributed by atoms with Gasteiger partial charge >= 0.3 is 5.97 Å². The van der Waals surface area contributed by atoms with E-state index in [2.05, 4.69) is 10.5 Å². The number of carbonyl (C=O) groups excluding carboxylic acids is 1. The zero-order valence-electron chi connectivity index (χ0n) is 22.7. The van der Waals surface area contributed by atoms with E-state index in [-0.39, 0.29) is 12.2 Å². The zero-order chi connectivity index (χ0) is 29.0. The summed E-state index contributed by atoms with van der Waals surface area (Å²) in [6.45, 7) is 2.90. The second-order valence-electron chi connectivity index (χ2n) is 8.77. The van der Waals surface area contributed by atoms with Crippen LogP contribution in [0.1, 0.15) is 44.3 Å². The van der Waals surface area contributed by atoms with Crippen molar-refractivity contribution in [3.63, 3.8) is 0 Å². The molecule has 0 aromatic heterocycles. The predicted molar refractivity (Wildman–Crippen MR) is 154 cm³/mol. The average molecular weight is 555 g/mol. The summed E-state index contributed by atoms with van der Waals surface area (Å²) < 4.78 is 22.9. The summed E-state index contributed by atoms with van der Waals surface area (Å²) in [4.78, 5) is 23.7. The summed E-state index contributed by atoms with van der Waals surface area (Å²) in [5, 5.41) is 13.1. The van der Waals surface area contributed by atoms with Gasteiger partial charge in [0.1, 0.15) is 13.2 Å². The molecule has 0 atom stereocenters. The molecule has 9 heteroatoms. The Balaban J connectivity index is 1.36. The third-order valence-corrected chi connectivity index (χ3v) is 5.91. The molecule has 0 unspecified atom stereocenters. The van der Waals surface area contributed by atoms with Crippen LogP contribution in [0.3, 0.4) is 0 Å². The first kappa shape index (κ1) is 28.7. The van der Waals surface area contributed by atoms with Gasteiger partial charge < -0.3 is 24.1 Å². The van der Waals surface area contributed by atoms with Crippen LogP contribution in [0.15, 0.2) is 96.1 Å². The molecule has 4 aromatic rings. The summed E-state index contributed by atoms with van der Waals surface area (Å²) in [5.41, 5.74) is 5.62. The topological polar surface area (TPSA) is 116 Å². The van der Waals surface area contributed by atoms with Crippen molar-refractivity contribution in [3.05, 3.63) is 119 Å². The molecule has 41 heavy (non-hydrogen) atoms.